The number of hydrogen-bond donors (Lipinski definition) is 1. The third-order valence-corrected chi connectivity index (χ3v) is 6.94. The molecule has 0 bridgehead atoms. The highest BCUT2D eigenvalue weighted by atomic mass is 16.5. The van der Waals surface area contributed by atoms with Crippen LogP contribution in [0.5, 0.6) is 5.75 Å². The van der Waals surface area contributed by atoms with Gasteiger partial charge in [-0.1, -0.05) is 52.8 Å². The summed E-state index contributed by atoms with van der Waals surface area (Å²) in [5, 5.41) is 8.85. The molecule has 2 aliphatic rings. The first-order valence-corrected chi connectivity index (χ1v) is 11.4. The van der Waals surface area contributed by atoms with Crippen LogP contribution in [0.2, 0.25) is 0 Å². The van der Waals surface area contributed by atoms with Crippen molar-refractivity contribution in [2.45, 2.75) is 90.4 Å². The Balaban J connectivity index is 1.86. The summed E-state index contributed by atoms with van der Waals surface area (Å²) in [6.45, 7) is 14.2. The van der Waals surface area contributed by atoms with Gasteiger partial charge in [0.2, 0.25) is 0 Å². The lowest BCUT2D eigenvalue weighted by atomic mass is 9.62. The van der Waals surface area contributed by atoms with Crippen LogP contribution in [0, 0.1) is 5.92 Å². The Morgan fingerprint density at radius 2 is 1.80 bits per heavy atom. The van der Waals surface area contributed by atoms with E-state index < -0.39 is 5.97 Å². The zero-order valence-electron chi connectivity index (χ0n) is 19.5. The number of carbonyl (C=O) groups is 1. The van der Waals surface area contributed by atoms with Gasteiger partial charge in [0.1, 0.15) is 5.75 Å². The third-order valence-electron chi connectivity index (χ3n) is 6.94. The number of benzene rings is 1. The van der Waals surface area contributed by atoms with Crippen LogP contribution < -0.4 is 4.74 Å². The van der Waals surface area contributed by atoms with Crippen LogP contribution in [-0.4, -0.2) is 17.7 Å². The first-order valence-electron chi connectivity index (χ1n) is 11.4. The fourth-order valence-electron chi connectivity index (χ4n) is 4.80. The van der Waals surface area contributed by atoms with Gasteiger partial charge in [0.25, 0.3) is 0 Å². The van der Waals surface area contributed by atoms with E-state index in [9.17, 15) is 4.79 Å². The lowest BCUT2D eigenvalue weighted by Crippen LogP contribution is -2.34. The largest absolute Gasteiger partial charge is 0.493 e. The van der Waals surface area contributed by atoms with E-state index in [2.05, 4.69) is 52.8 Å². The molecule has 0 heterocycles. The molecule has 0 amide bonds. The van der Waals surface area contributed by atoms with Crippen molar-refractivity contribution >= 4 is 5.97 Å². The maximum Gasteiger partial charge on any atom is 0.328 e. The summed E-state index contributed by atoms with van der Waals surface area (Å²) in [6, 6.07) is 4.82. The van der Waals surface area contributed by atoms with Crippen LogP contribution >= 0.6 is 0 Å². The van der Waals surface area contributed by atoms with Gasteiger partial charge in [-0.3, -0.25) is 0 Å². The van der Waals surface area contributed by atoms with Gasteiger partial charge in [-0.25, -0.2) is 4.79 Å². The highest BCUT2D eigenvalue weighted by molar-refractivity contribution is 5.81. The first kappa shape index (κ1) is 22.7. The molecule has 2 atom stereocenters. The third kappa shape index (κ3) is 4.99. The number of rotatable bonds is 8. The van der Waals surface area contributed by atoms with Gasteiger partial charge in [-0.2, -0.15) is 0 Å². The quantitative estimate of drug-likeness (QED) is 0.374. The van der Waals surface area contributed by atoms with Gasteiger partial charge in [0, 0.05) is 6.08 Å². The van der Waals surface area contributed by atoms with E-state index in [4.69, 9.17) is 9.84 Å². The molecule has 0 saturated heterocycles. The lowest BCUT2D eigenvalue weighted by molar-refractivity contribution is -0.131. The number of carboxylic acid groups (broad SMARTS) is 1. The fourth-order valence-corrected chi connectivity index (χ4v) is 4.80. The van der Waals surface area contributed by atoms with Crippen LogP contribution in [0.15, 0.2) is 35.9 Å². The average molecular weight is 411 g/mol. The van der Waals surface area contributed by atoms with E-state index in [1.54, 1.807) is 0 Å². The standard InChI is InChI=1S/C27H38O3/c1-7-13-30-24-17-23-22(26(3,4)11-12-27(23,5)6)16-21(24)20-15-19(20)10-8-9-18(2)14-25(28)29/h8-9,14,16-17,19-20H,7,10-13,15H2,1-6H3,(H,28,29)/b9-8+,18-14+. The van der Waals surface area contributed by atoms with Crippen LogP contribution in [0.4, 0.5) is 0 Å². The van der Waals surface area contributed by atoms with Crippen LogP contribution in [0.1, 0.15) is 96.3 Å². The van der Waals surface area contributed by atoms with Crippen molar-refractivity contribution in [2.75, 3.05) is 6.61 Å². The van der Waals surface area contributed by atoms with Crippen LogP contribution in [-0.2, 0) is 15.6 Å². The highest BCUT2D eigenvalue weighted by Crippen LogP contribution is 2.55. The molecule has 3 rings (SSSR count). The summed E-state index contributed by atoms with van der Waals surface area (Å²) in [5.74, 6) is 1.34. The van der Waals surface area contributed by atoms with Crippen LogP contribution in [0.25, 0.3) is 0 Å². The minimum absolute atomic E-state index is 0.188. The number of hydrogen-bond acceptors (Lipinski definition) is 2. The molecule has 0 spiro atoms. The SMILES string of the molecule is CCCOc1cc2c(cc1C1CC1C/C=C/C(C)=C/C(=O)O)C(C)(C)CCC2(C)C. The van der Waals surface area contributed by atoms with Crippen molar-refractivity contribution in [3.63, 3.8) is 0 Å². The molecule has 1 aromatic rings. The molecule has 0 aromatic heterocycles. The molecule has 1 saturated carbocycles. The molecule has 2 unspecified atom stereocenters. The molecule has 0 aliphatic heterocycles. The second-order valence-corrected chi connectivity index (χ2v) is 10.5. The molecule has 3 nitrogen and oxygen atoms in total. The molecular formula is C27H38O3. The number of carboxylic acids is 1. The molecule has 1 N–H and O–H groups in total. The predicted molar refractivity (Wildman–Crippen MR) is 124 cm³/mol. The predicted octanol–water partition coefficient (Wildman–Crippen LogP) is 6.91. The van der Waals surface area contributed by atoms with Crippen molar-refractivity contribution in [1.29, 1.82) is 0 Å². The molecular weight excluding hydrogens is 372 g/mol. The van der Waals surface area contributed by atoms with Gasteiger partial charge < -0.3 is 9.84 Å². The molecule has 2 aliphatic carbocycles. The minimum atomic E-state index is -0.890. The fraction of sp³-hybridized carbons (Fsp3) is 0.593. The van der Waals surface area contributed by atoms with E-state index in [-0.39, 0.29) is 10.8 Å². The van der Waals surface area contributed by atoms with Gasteiger partial charge in [0.05, 0.1) is 6.61 Å². The van der Waals surface area contributed by atoms with Crippen molar-refractivity contribution in [2.24, 2.45) is 5.92 Å². The Morgan fingerprint density at radius 3 is 2.40 bits per heavy atom. The van der Waals surface area contributed by atoms with Gasteiger partial charge in [-0.05, 0) is 90.0 Å². The monoisotopic (exact) mass is 410 g/mol. The molecule has 3 heteroatoms. The first-order chi connectivity index (χ1) is 14.0. The summed E-state index contributed by atoms with van der Waals surface area (Å²) in [7, 11) is 0. The normalized spacial score (nSPS) is 24.5. The summed E-state index contributed by atoms with van der Waals surface area (Å²) < 4.78 is 6.26. The molecule has 1 aromatic carbocycles. The highest BCUT2D eigenvalue weighted by Gasteiger charge is 2.43. The summed E-state index contributed by atoms with van der Waals surface area (Å²) in [4.78, 5) is 10.8. The van der Waals surface area contributed by atoms with Gasteiger partial charge >= 0.3 is 5.97 Å². The topological polar surface area (TPSA) is 46.5 Å². The van der Waals surface area contributed by atoms with E-state index in [0.29, 0.717) is 11.8 Å². The molecule has 164 valence electrons. The maximum atomic E-state index is 10.8. The van der Waals surface area contributed by atoms with Crippen molar-refractivity contribution in [1.82, 2.24) is 0 Å². The molecule has 1 fully saturated rings. The maximum absolute atomic E-state index is 10.8. The summed E-state index contributed by atoms with van der Waals surface area (Å²) in [6.07, 6.45) is 10.9. The second kappa shape index (κ2) is 8.61. The van der Waals surface area contributed by atoms with Crippen molar-refractivity contribution in [3.8, 4) is 5.75 Å². The summed E-state index contributed by atoms with van der Waals surface area (Å²) in [5.41, 5.74) is 5.51. The van der Waals surface area contributed by atoms with E-state index in [1.165, 1.54) is 42.0 Å². The lowest BCUT2D eigenvalue weighted by Gasteiger charge is -2.42. The average Bonchev–Trinajstić information content (AvgIpc) is 3.42. The van der Waals surface area contributed by atoms with Gasteiger partial charge in [-0.15, -0.1) is 0 Å². The van der Waals surface area contributed by atoms with Gasteiger partial charge in [0.15, 0.2) is 0 Å². The Morgan fingerprint density at radius 1 is 1.17 bits per heavy atom. The smallest absolute Gasteiger partial charge is 0.328 e. The molecule has 30 heavy (non-hydrogen) atoms. The van der Waals surface area contributed by atoms with E-state index in [0.717, 1.165) is 30.8 Å². The summed E-state index contributed by atoms with van der Waals surface area (Å²) >= 11 is 0. The number of fused-ring (bicyclic) bond motifs is 1. The van der Waals surface area contributed by atoms with Crippen molar-refractivity contribution in [3.05, 3.63) is 52.6 Å². The van der Waals surface area contributed by atoms with Crippen molar-refractivity contribution < 1.29 is 14.6 Å². The van der Waals surface area contributed by atoms with Crippen LogP contribution in [0.3, 0.4) is 0 Å². The minimum Gasteiger partial charge on any atom is -0.493 e. The number of aliphatic carboxylic acids is 1. The molecule has 0 radical (unpaired) electrons. The number of ether oxygens (including phenoxy) is 1. The Hall–Kier alpha value is -2.03. The zero-order valence-corrected chi connectivity index (χ0v) is 19.5. The Kier molecular flexibility index (Phi) is 6.50. The number of allylic oxidation sites excluding steroid dienone is 3. The second-order valence-electron chi connectivity index (χ2n) is 10.5. The Bertz CT molecular complexity index is 857. The zero-order chi connectivity index (χ0) is 22.1. The Labute approximate surface area is 182 Å². The van der Waals surface area contributed by atoms with E-state index in [1.807, 2.05) is 13.0 Å². The van der Waals surface area contributed by atoms with E-state index >= 15 is 0 Å².